The fraction of sp³-hybridized carbons (Fsp3) is 0.562. The largest absolute Gasteiger partial charge is 0.497 e. The van der Waals surface area contributed by atoms with Gasteiger partial charge in [0.15, 0.2) is 0 Å². The number of likely N-dealkylation sites (tertiary alicyclic amines) is 1. The Bertz CT molecular complexity index is 431. The number of carbonyl (C=O) groups is 1. The van der Waals surface area contributed by atoms with E-state index in [1.54, 1.807) is 7.11 Å². The molecule has 1 aliphatic heterocycles. The summed E-state index contributed by atoms with van der Waals surface area (Å²) in [5.41, 5.74) is 1.02. The molecule has 0 aromatic heterocycles. The molecule has 1 aromatic carbocycles. The first kappa shape index (κ1) is 14.9. The summed E-state index contributed by atoms with van der Waals surface area (Å²) in [5.74, 6) is 0.914. The highest BCUT2D eigenvalue weighted by atomic mass is 16.5. The Morgan fingerprint density at radius 1 is 1.40 bits per heavy atom. The maximum Gasteiger partial charge on any atom is 0.224 e. The lowest BCUT2D eigenvalue weighted by molar-refractivity contribution is -0.120. The maximum absolute atomic E-state index is 12.0. The molecule has 1 heterocycles. The third kappa shape index (κ3) is 3.97. The lowest BCUT2D eigenvalue weighted by Gasteiger charge is -2.22. The minimum absolute atomic E-state index is 0.0955. The molecule has 1 unspecified atom stereocenters. The van der Waals surface area contributed by atoms with Crippen molar-refractivity contribution >= 4 is 5.91 Å². The van der Waals surface area contributed by atoms with E-state index in [4.69, 9.17) is 4.74 Å². The van der Waals surface area contributed by atoms with Gasteiger partial charge in [-0.3, -0.25) is 9.69 Å². The molecule has 1 aliphatic rings. The van der Waals surface area contributed by atoms with E-state index >= 15 is 0 Å². The van der Waals surface area contributed by atoms with Crippen LogP contribution in [0, 0.1) is 0 Å². The fourth-order valence-corrected chi connectivity index (χ4v) is 2.77. The van der Waals surface area contributed by atoms with Crippen LogP contribution in [0.3, 0.4) is 0 Å². The highest BCUT2D eigenvalue weighted by Gasteiger charge is 2.22. The minimum Gasteiger partial charge on any atom is -0.497 e. The predicted octanol–water partition coefficient (Wildman–Crippen LogP) is 1.84. The molecular weight excluding hydrogens is 252 g/mol. The molecule has 1 atom stereocenters. The molecule has 2 rings (SSSR count). The Labute approximate surface area is 121 Å². The number of rotatable bonds is 6. The molecule has 1 saturated heterocycles. The van der Waals surface area contributed by atoms with Crippen LogP contribution in [0.4, 0.5) is 0 Å². The lowest BCUT2D eigenvalue weighted by Crippen LogP contribution is -2.40. The number of likely N-dealkylation sites (N-methyl/N-ethyl adjacent to an activating group) is 1. The van der Waals surface area contributed by atoms with Crippen molar-refractivity contribution in [3.05, 3.63) is 29.8 Å². The Morgan fingerprint density at radius 2 is 2.15 bits per heavy atom. The van der Waals surface area contributed by atoms with E-state index < -0.39 is 0 Å². The normalized spacial score (nSPS) is 19.0. The number of benzene rings is 1. The molecule has 0 bridgehead atoms. The zero-order chi connectivity index (χ0) is 14.4. The molecule has 0 radical (unpaired) electrons. The molecule has 1 amide bonds. The van der Waals surface area contributed by atoms with Gasteiger partial charge in [-0.2, -0.15) is 0 Å². The SMILES string of the molecule is CCN1CCCC1CNC(=O)Cc1ccc(OC)cc1. The summed E-state index contributed by atoms with van der Waals surface area (Å²) >= 11 is 0. The molecule has 0 spiro atoms. The van der Waals surface area contributed by atoms with Crippen LogP contribution >= 0.6 is 0 Å². The van der Waals surface area contributed by atoms with E-state index in [0.29, 0.717) is 12.5 Å². The van der Waals surface area contributed by atoms with Crippen LogP contribution in [0.5, 0.6) is 5.75 Å². The van der Waals surface area contributed by atoms with E-state index in [0.717, 1.165) is 30.9 Å². The number of carbonyl (C=O) groups excluding carboxylic acids is 1. The van der Waals surface area contributed by atoms with E-state index in [1.165, 1.54) is 12.8 Å². The topological polar surface area (TPSA) is 41.6 Å². The summed E-state index contributed by atoms with van der Waals surface area (Å²) in [6.45, 7) is 5.18. The van der Waals surface area contributed by atoms with Crippen LogP contribution < -0.4 is 10.1 Å². The average molecular weight is 276 g/mol. The molecule has 20 heavy (non-hydrogen) atoms. The van der Waals surface area contributed by atoms with Gasteiger partial charge in [-0.1, -0.05) is 19.1 Å². The minimum atomic E-state index is 0.0955. The molecule has 1 aromatic rings. The molecule has 1 N–H and O–H groups in total. The number of ether oxygens (including phenoxy) is 1. The van der Waals surface area contributed by atoms with Gasteiger partial charge in [-0.25, -0.2) is 0 Å². The summed E-state index contributed by atoms with van der Waals surface area (Å²) in [7, 11) is 1.64. The number of methoxy groups -OCH3 is 1. The molecule has 110 valence electrons. The monoisotopic (exact) mass is 276 g/mol. The van der Waals surface area contributed by atoms with Gasteiger partial charge < -0.3 is 10.1 Å². The van der Waals surface area contributed by atoms with Crippen LogP contribution in [-0.4, -0.2) is 43.6 Å². The number of hydrogen-bond acceptors (Lipinski definition) is 3. The summed E-state index contributed by atoms with van der Waals surface area (Å²) in [6, 6.07) is 8.16. The smallest absolute Gasteiger partial charge is 0.224 e. The first-order valence-corrected chi connectivity index (χ1v) is 7.36. The first-order valence-electron chi connectivity index (χ1n) is 7.36. The molecule has 4 nitrogen and oxygen atoms in total. The van der Waals surface area contributed by atoms with Crippen molar-refractivity contribution in [1.82, 2.24) is 10.2 Å². The van der Waals surface area contributed by atoms with Gasteiger partial charge in [0, 0.05) is 12.6 Å². The number of nitrogens with zero attached hydrogens (tertiary/aromatic N) is 1. The molecule has 1 fully saturated rings. The van der Waals surface area contributed by atoms with Crippen molar-refractivity contribution in [2.75, 3.05) is 26.7 Å². The van der Waals surface area contributed by atoms with Crippen molar-refractivity contribution in [2.24, 2.45) is 0 Å². The highest BCUT2D eigenvalue weighted by Crippen LogP contribution is 2.15. The molecule has 0 aliphatic carbocycles. The van der Waals surface area contributed by atoms with E-state index in [9.17, 15) is 4.79 Å². The third-order valence-corrected chi connectivity index (χ3v) is 3.96. The van der Waals surface area contributed by atoms with Crippen molar-refractivity contribution in [1.29, 1.82) is 0 Å². The summed E-state index contributed by atoms with van der Waals surface area (Å²) in [6.07, 6.45) is 2.87. The van der Waals surface area contributed by atoms with Gasteiger partial charge >= 0.3 is 0 Å². The number of amides is 1. The Kier molecular flexibility index (Phi) is 5.41. The standard InChI is InChI=1S/C16H24N2O2/c1-3-18-10-4-5-14(18)12-17-16(19)11-13-6-8-15(20-2)9-7-13/h6-9,14H,3-5,10-12H2,1-2H3,(H,17,19). The van der Waals surface area contributed by atoms with Gasteiger partial charge in [0.1, 0.15) is 5.75 Å². The third-order valence-electron chi connectivity index (χ3n) is 3.96. The van der Waals surface area contributed by atoms with Gasteiger partial charge in [-0.05, 0) is 43.6 Å². The highest BCUT2D eigenvalue weighted by molar-refractivity contribution is 5.78. The van der Waals surface area contributed by atoms with Gasteiger partial charge in [-0.15, -0.1) is 0 Å². The summed E-state index contributed by atoms with van der Waals surface area (Å²) in [4.78, 5) is 14.4. The first-order chi connectivity index (χ1) is 9.72. The average Bonchev–Trinajstić information content (AvgIpc) is 2.93. The van der Waals surface area contributed by atoms with Crippen molar-refractivity contribution in [3.8, 4) is 5.75 Å². The second-order valence-corrected chi connectivity index (χ2v) is 5.25. The van der Waals surface area contributed by atoms with Gasteiger partial charge in [0.2, 0.25) is 5.91 Å². The maximum atomic E-state index is 12.0. The number of hydrogen-bond donors (Lipinski definition) is 1. The van der Waals surface area contributed by atoms with Gasteiger partial charge in [0.05, 0.1) is 13.5 Å². The number of nitrogens with one attached hydrogen (secondary N) is 1. The lowest BCUT2D eigenvalue weighted by atomic mass is 10.1. The van der Waals surface area contributed by atoms with E-state index in [-0.39, 0.29) is 5.91 Å². The van der Waals surface area contributed by atoms with Gasteiger partial charge in [0.25, 0.3) is 0 Å². The Hall–Kier alpha value is -1.55. The van der Waals surface area contributed by atoms with E-state index in [1.807, 2.05) is 24.3 Å². The quantitative estimate of drug-likeness (QED) is 0.862. The molecule has 0 saturated carbocycles. The zero-order valence-corrected chi connectivity index (χ0v) is 12.4. The fourth-order valence-electron chi connectivity index (χ4n) is 2.77. The van der Waals surface area contributed by atoms with Crippen LogP contribution in [-0.2, 0) is 11.2 Å². The van der Waals surface area contributed by atoms with Crippen molar-refractivity contribution < 1.29 is 9.53 Å². The zero-order valence-electron chi connectivity index (χ0n) is 12.4. The molecule has 4 heteroatoms. The van der Waals surface area contributed by atoms with Crippen molar-refractivity contribution in [3.63, 3.8) is 0 Å². The second kappa shape index (κ2) is 7.29. The van der Waals surface area contributed by atoms with Crippen molar-refractivity contribution in [2.45, 2.75) is 32.2 Å². The van der Waals surface area contributed by atoms with Crippen LogP contribution in [0.15, 0.2) is 24.3 Å². The summed E-state index contributed by atoms with van der Waals surface area (Å²) < 4.78 is 5.11. The summed E-state index contributed by atoms with van der Waals surface area (Å²) in [5, 5.41) is 3.05. The van der Waals surface area contributed by atoms with Crippen LogP contribution in [0.25, 0.3) is 0 Å². The van der Waals surface area contributed by atoms with Crippen LogP contribution in [0.2, 0.25) is 0 Å². The van der Waals surface area contributed by atoms with E-state index in [2.05, 4.69) is 17.1 Å². The Balaban J connectivity index is 1.77. The molecular formula is C16H24N2O2. The Morgan fingerprint density at radius 3 is 2.80 bits per heavy atom. The second-order valence-electron chi connectivity index (χ2n) is 5.25. The predicted molar refractivity (Wildman–Crippen MR) is 80.0 cm³/mol. The van der Waals surface area contributed by atoms with Crippen LogP contribution in [0.1, 0.15) is 25.3 Å².